The van der Waals surface area contributed by atoms with Gasteiger partial charge in [-0.1, -0.05) is 11.6 Å². The van der Waals surface area contributed by atoms with Crippen molar-refractivity contribution in [1.82, 2.24) is 0 Å². The van der Waals surface area contributed by atoms with Crippen LogP contribution in [0.3, 0.4) is 0 Å². The van der Waals surface area contributed by atoms with Crippen molar-refractivity contribution < 1.29 is 4.39 Å². The van der Waals surface area contributed by atoms with E-state index < -0.39 is 0 Å². The summed E-state index contributed by atoms with van der Waals surface area (Å²) in [5, 5.41) is 0.174. The van der Waals surface area contributed by atoms with Gasteiger partial charge in [-0.25, -0.2) is 4.39 Å². The Morgan fingerprint density at radius 3 is 2.76 bits per heavy atom. The Kier molecular flexibility index (Phi) is 3.32. The number of nitrogens with two attached hydrogens (primary N) is 1. The van der Waals surface area contributed by atoms with Crippen molar-refractivity contribution in [2.75, 3.05) is 11.4 Å². The summed E-state index contributed by atoms with van der Waals surface area (Å²) in [7, 11) is 0. The number of halogens is 2. The Bertz CT molecular complexity index is 420. The van der Waals surface area contributed by atoms with E-state index in [9.17, 15) is 4.39 Å². The van der Waals surface area contributed by atoms with Gasteiger partial charge in [-0.3, -0.25) is 0 Å². The first-order valence-corrected chi connectivity index (χ1v) is 6.26. The third-order valence-corrected chi connectivity index (χ3v) is 3.72. The maximum absolute atomic E-state index is 13.2. The second-order valence-corrected chi connectivity index (χ2v) is 5.72. The number of nitrogens with zero attached hydrogens (tertiary/aromatic N) is 1. The number of anilines is 1. The van der Waals surface area contributed by atoms with Crippen LogP contribution < -0.4 is 10.6 Å². The van der Waals surface area contributed by atoms with E-state index in [2.05, 4.69) is 18.7 Å². The zero-order valence-corrected chi connectivity index (χ0v) is 11.0. The summed E-state index contributed by atoms with van der Waals surface area (Å²) in [4.78, 5) is 2.25. The second-order valence-electron chi connectivity index (χ2n) is 5.32. The minimum Gasteiger partial charge on any atom is -0.366 e. The Hall–Kier alpha value is -0.800. The maximum Gasteiger partial charge on any atom is 0.141 e. The molecule has 1 aliphatic rings. The third kappa shape index (κ3) is 2.55. The van der Waals surface area contributed by atoms with Crippen LogP contribution in [0.2, 0.25) is 5.02 Å². The highest BCUT2D eigenvalue weighted by atomic mass is 35.5. The molecule has 1 aromatic rings. The first kappa shape index (κ1) is 12.7. The molecule has 1 unspecified atom stereocenters. The van der Waals surface area contributed by atoms with E-state index in [0.717, 1.165) is 25.1 Å². The van der Waals surface area contributed by atoms with Crippen LogP contribution in [0.1, 0.15) is 26.7 Å². The average Bonchev–Trinajstić information content (AvgIpc) is 2.21. The minimum atomic E-state index is -0.373. The van der Waals surface area contributed by atoms with Gasteiger partial charge in [-0.15, -0.1) is 0 Å². The lowest BCUT2D eigenvalue weighted by Crippen LogP contribution is -2.53. The number of piperidine rings is 1. The van der Waals surface area contributed by atoms with Crippen LogP contribution in [0.5, 0.6) is 0 Å². The molecular weight excluding hydrogens is 239 g/mol. The van der Waals surface area contributed by atoms with Gasteiger partial charge < -0.3 is 10.6 Å². The molecule has 1 aromatic carbocycles. The van der Waals surface area contributed by atoms with Crippen LogP contribution in [0.25, 0.3) is 0 Å². The van der Waals surface area contributed by atoms with E-state index in [0.29, 0.717) is 0 Å². The number of hydrogen-bond acceptors (Lipinski definition) is 2. The topological polar surface area (TPSA) is 29.3 Å². The molecule has 0 aromatic heterocycles. The van der Waals surface area contributed by atoms with Crippen molar-refractivity contribution in [3.63, 3.8) is 0 Å². The van der Waals surface area contributed by atoms with Gasteiger partial charge in [-0.05, 0) is 44.9 Å². The van der Waals surface area contributed by atoms with Crippen molar-refractivity contribution in [2.24, 2.45) is 5.73 Å². The number of benzene rings is 1. The smallest absolute Gasteiger partial charge is 0.141 e. The first-order chi connectivity index (χ1) is 7.90. The van der Waals surface area contributed by atoms with E-state index in [1.165, 1.54) is 6.07 Å². The molecule has 94 valence electrons. The van der Waals surface area contributed by atoms with Gasteiger partial charge in [0.05, 0.1) is 5.02 Å². The fourth-order valence-electron chi connectivity index (χ4n) is 2.58. The first-order valence-electron chi connectivity index (χ1n) is 5.88. The molecule has 4 heteroatoms. The average molecular weight is 257 g/mol. The zero-order chi connectivity index (χ0) is 12.6. The SMILES string of the molecule is CC1(C)CC(N)CCN1c1ccc(F)c(Cl)c1. The lowest BCUT2D eigenvalue weighted by molar-refractivity contribution is 0.327. The lowest BCUT2D eigenvalue weighted by Gasteiger charge is -2.46. The highest BCUT2D eigenvalue weighted by molar-refractivity contribution is 6.31. The van der Waals surface area contributed by atoms with Gasteiger partial charge in [0.25, 0.3) is 0 Å². The molecule has 2 nitrogen and oxygen atoms in total. The summed E-state index contributed by atoms with van der Waals surface area (Å²) in [5.74, 6) is -0.373. The van der Waals surface area contributed by atoms with Gasteiger partial charge in [0.15, 0.2) is 0 Å². The highest BCUT2D eigenvalue weighted by Crippen LogP contribution is 2.33. The van der Waals surface area contributed by atoms with Gasteiger partial charge >= 0.3 is 0 Å². The quantitative estimate of drug-likeness (QED) is 0.836. The molecule has 1 heterocycles. The Labute approximate surface area is 107 Å². The van der Waals surface area contributed by atoms with Gasteiger partial charge in [0.1, 0.15) is 5.82 Å². The molecule has 0 amide bonds. The Morgan fingerprint density at radius 1 is 1.47 bits per heavy atom. The maximum atomic E-state index is 13.2. The molecule has 0 bridgehead atoms. The standard InChI is InChI=1S/C13H18ClFN2/c1-13(2)8-9(16)5-6-17(13)10-3-4-12(15)11(14)7-10/h3-4,7,9H,5-6,8,16H2,1-2H3. The normalized spacial score (nSPS) is 23.8. The largest absolute Gasteiger partial charge is 0.366 e. The van der Waals surface area contributed by atoms with Crippen molar-refractivity contribution in [1.29, 1.82) is 0 Å². The van der Waals surface area contributed by atoms with Crippen molar-refractivity contribution in [2.45, 2.75) is 38.3 Å². The van der Waals surface area contributed by atoms with Crippen LogP contribution in [0, 0.1) is 5.82 Å². The van der Waals surface area contributed by atoms with E-state index >= 15 is 0 Å². The summed E-state index contributed by atoms with van der Waals surface area (Å²) in [6.45, 7) is 5.20. The molecule has 0 saturated carbocycles. The predicted octanol–water partition coefficient (Wildman–Crippen LogP) is 3.19. The lowest BCUT2D eigenvalue weighted by atomic mass is 9.87. The van der Waals surface area contributed by atoms with E-state index in [-0.39, 0.29) is 22.4 Å². The van der Waals surface area contributed by atoms with Crippen LogP contribution in [0.4, 0.5) is 10.1 Å². The summed E-state index contributed by atoms with van der Waals surface area (Å²) in [5.41, 5.74) is 6.94. The molecule has 0 spiro atoms. The molecule has 1 atom stereocenters. The summed E-state index contributed by atoms with van der Waals surface area (Å²) < 4.78 is 13.2. The second kappa shape index (κ2) is 4.46. The molecule has 1 saturated heterocycles. The summed E-state index contributed by atoms with van der Waals surface area (Å²) in [6.07, 6.45) is 1.89. The number of rotatable bonds is 1. The van der Waals surface area contributed by atoms with Crippen molar-refractivity contribution >= 4 is 17.3 Å². The van der Waals surface area contributed by atoms with Gasteiger partial charge in [-0.2, -0.15) is 0 Å². The minimum absolute atomic E-state index is 0.0151. The third-order valence-electron chi connectivity index (χ3n) is 3.43. The summed E-state index contributed by atoms with van der Waals surface area (Å²) >= 11 is 5.83. The van der Waals surface area contributed by atoms with E-state index in [1.807, 2.05) is 0 Å². The Morgan fingerprint density at radius 2 is 2.18 bits per heavy atom. The summed E-state index contributed by atoms with van der Waals surface area (Å²) in [6, 6.07) is 5.13. The molecule has 17 heavy (non-hydrogen) atoms. The van der Waals surface area contributed by atoms with Crippen LogP contribution in [-0.2, 0) is 0 Å². The molecule has 2 rings (SSSR count). The molecule has 0 aliphatic carbocycles. The fourth-order valence-corrected chi connectivity index (χ4v) is 2.76. The van der Waals surface area contributed by atoms with E-state index in [4.69, 9.17) is 17.3 Å². The van der Waals surface area contributed by atoms with Crippen molar-refractivity contribution in [3.05, 3.63) is 29.0 Å². The predicted molar refractivity (Wildman–Crippen MR) is 70.0 cm³/mol. The molecule has 1 aliphatic heterocycles. The van der Waals surface area contributed by atoms with Crippen molar-refractivity contribution in [3.8, 4) is 0 Å². The molecule has 2 N–H and O–H groups in total. The Balaban J connectivity index is 2.29. The fraction of sp³-hybridized carbons (Fsp3) is 0.538. The highest BCUT2D eigenvalue weighted by Gasteiger charge is 2.33. The number of hydrogen-bond donors (Lipinski definition) is 1. The van der Waals surface area contributed by atoms with Crippen LogP contribution in [0.15, 0.2) is 18.2 Å². The van der Waals surface area contributed by atoms with Crippen LogP contribution >= 0.6 is 11.6 Å². The van der Waals surface area contributed by atoms with Gasteiger partial charge in [0, 0.05) is 23.8 Å². The van der Waals surface area contributed by atoms with Crippen LogP contribution in [-0.4, -0.2) is 18.1 Å². The molecule has 0 radical (unpaired) electrons. The molecular formula is C13H18ClFN2. The molecule has 1 fully saturated rings. The monoisotopic (exact) mass is 256 g/mol. The zero-order valence-electron chi connectivity index (χ0n) is 10.2. The van der Waals surface area contributed by atoms with Gasteiger partial charge in [0.2, 0.25) is 0 Å². The van der Waals surface area contributed by atoms with E-state index in [1.54, 1.807) is 12.1 Å².